The van der Waals surface area contributed by atoms with Gasteiger partial charge in [0.15, 0.2) is 0 Å². The van der Waals surface area contributed by atoms with Crippen molar-refractivity contribution in [2.45, 2.75) is 19.4 Å². The third-order valence-corrected chi connectivity index (χ3v) is 5.29. The summed E-state index contributed by atoms with van der Waals surface area (Å²) in [6.45, 7) is 9.06. The number of hydrogen-bond acceptors (Lipinski definition) is 4. The molecule has 0 spiro atoms. The van der Waals surface area contributed by atoms with Crippen molar-refractivity contribution in [3.63, 3.8) is 0 Å². The number of para-hydroxylation sites is 3. The van der Waals surface area contributed by atoms with Gasteiger partial charge in [0.25, 0.3) is 5.91 Å². The summed E-state index contributed by atoms with van der Waals surface area (Å²) in [5.41, 5.74) is 2.26. The number of nitrogens with zero attached hydrogens (tertiary/aromatic N) is 3. The first-order valence-corrected chi connectivity index (χ1v) is 10.9. The lowest BCUT2D eigenvalue weighted by molar-refractivity contribution is -0.130. The SMILES string of the molecule is C=CCN(CC=C)C(=O)Cn1c(CCCNC(=O)c2ccccc2OC)nc2ccccc21. The highest BCUT2D eigenvalue weighted by molar-refractivity contribution is 5.96. The van der Waals surface area contributed by atoms with Crippen LogP contribution in [0.5, 0.6) is 5.75 Å². The van der Waals surface area contributed by atoms with Crippen molar-refractivity contribution in [1.29, 1.82) is 0 Å². The van der Waals surface area contributed by atoms with Gasteiger partial charge in [-0.2, -0.15) is 0 Å². The molecule has 1 heterocycles. The van der Waals surface area contributed by atoms with Crippen LogP contribution in [-0.4, -0.2) is 53.0 Å². The fourth-order valence-corrected chi connectivity index (χ4v) is 3.69. The third kappa shape index (κ3) is 5.88. The topological polar surface area (TPSA) is 76.5 Å². The summed E-state index contributed by atoms with van der Waals surface area (Å²) in [7, 11) is 1.54. The highest BCUT2D eigenvalue weighted by Crippen LogP contribution is 2.19. The second-order valence-corrected chi connectivity index (χ2v) is 7.54. The maximum Gasteiger partial charge on any atom is 0.255 e. The number of nitrogens with one attached hydrogen (secondary N) is 1. The van der Waals surface area contributed by atoms with E-state index in [1.807, 2.05) is 34.9 Å². The molecule has 0 aliphatic rings. The van der Waals surface area contributed by atoms with Crippen LogP contribution < -0.4 is 10.1 Å². The molecule has 0 fully saturated rings. The lowest BCUT2D eigenvalue weighted by atomic mass is 10.2. The van der Waals surface area contributed by atoms with Crippen LogP contribution in [0.2, 0.25) is 0 Å². The summed E-state index contributed by atoms with van der Waals surface area (Å²) < 4.78 is 7.22. The van der Waals surface area contributed by atoms with Crippen LogP contribution >= 0.6 is 0 Å². The van der Waals surface area contributed by atoms with Gasteiger partial charge in [-0.15, -0.1) is 13.2 Å². The van der Waals surface area contributed by atoms with Crippen LogP contribution in [0.4, 0.5) is 0 Å². The van der Waals surface area contributed by atoms with E-state index in [4.69, 9.17) is 9.72 Å². The molecule has 7 heteroatoms. The monoisotopic (exact) mass is 446 g/mol. The Hall–Kier alpha value is -3.87. The third-order valence-electron chi connectivity index (χ3n) is 5.29. The molecule has 0 saturated carbocycles. The fourth-order valence-electron chi connectivity index (χ4n) is 3.69. The number of fused-ring (bicyclic) bond motifs is 1. The van der Waals surface area contributed by atoms with Gasteiger partial charge >= 0.3 is 0 Å². The Morgan fingerprint density at radius 3 is 2.52 bits per heavy atom. The van der Waals surface area contributed by atoms with E-state index < -0.39 is 0 Å². The van der Waals surface area contributed by atoms with Gasteiger partial charge in [0.05, 0.1) is 23.7 Å². The number of carbonyl (C=O) groups excluding carboxylic acids is 2. The summed E-state index contributed by atoms with van der Waals surface area (Å²) in [6.07, 6.45) is 4.72. The Labute approximate surface area is 194 Å². The molecule has 1 N–H and O–H groups in total. The quantitative estimate of drug-likeness (QED) is 0.341. The molecule has 2 aromatic carbocycles. The molecule has 33 heavy (non-hydrogen) atoms. The number of imidazole rings is 1. The van der Waals surface area contributed by atoms with E-state index in [0.29, 0.717) is 43.8 Å². The summed E-state index contributed by atoms with van der Waals surface area (Å²) in [5, 5.41) is 2.94. The minimum absolute atomic E-state index is 0.0244. The molecule has 2 amide bonds. The van der Waals surface area contributed by atoms with E-state index in [-0.39, 0.29) is 18.4 Å². The van der Waals surface area contributed by atoms with Crippen LogP contribution in [0.15, 0.2) is 73.8 Å². The lowest BCUT2D eigenvalue weighted by Crippen LogP contribution is -2.34. The number of benzene rings is 2. The van der Waals surface area contributed by atoms with Gasteiger partial charge in [-0.1, -0.05) is 36.4 Å². The second-order valence-electron chi connectivity index (χ2n) is 7.54. The molecular formula is C26H30N4O3. The minimum Gasteiger partial charge on any atom is -0.496 e. The van der Waals surface area contributed by atoms with Gasteiger partial charge in [0.1, 0.15) is 18.1 Å². The molecule has 0 saturated heterocycles. The van der Waals surface area contributed by atoms with Gasteiger partial charge in [-0.3, -0.25) is 9.59 Å². The Bertz CT molecular complexity index is 1130. The maximum atomic E-state index is 12.9. The summed E-state index contributed by atoms with van der Waals surface area (Å²) in [6, 6.07) is 14.9. The van der Waals surface area contributed by atoms with E-state index in [2.05, 4.69) is 18.5 Å². The summed E-state index contributed by atoms with van der Waals surface area (Å²) in [5.74, 6) is 1.15. The molecule has 0 atom stereocenters. The first-order valence-electron chi connectivity index (χ1n) is 10.9. The van der Waals surface area contributed by atoms with Crippen LogP contribution in [0.1, 0.15) is 22.6 Å². The average molecular weight is 447 g/mol. The van der Waals surface area contributed by atoms with E-state index in [1.54, 1.807) is 42.4 Å². The molecule has 3 rings (SSSR count). The molecule has 0 bridgehead atoms. The van der Waals surface area contributed by atoms with Gasteiger partial charge < -0.3 is 19.5 Å². The number of amides is 2. The van der Waals surface area contributed by atoms with Crippen molar-refractivity contribution >= 4 is 22.8 Å². The Balaban J connectivity index is 1.69. The van der Waals surface area contributed by atoms with Crippen molar-refractivity contribution in [2.75, 3.05) is 26.7 Å². The van der Waals surface area contributed by atoms with E-state index in [1.165, 1.54) is 0 Å². The van der Waals surface area contributed by atoms with Gasteiger partial charge in [-0.05, 0) is 30.7 Å². The highest BCUT2D eigenvalue weighted by atomic mass is 16.5. The molecule has 172 valence electrons. The zero-order valence-corrected chi connectivity index (χ0v) is 19.0. The number of aromatic nitrogens is 2. The molecular weight excluding hydrogens is 416 g/mol. The molecule has 3 aromatic rings. The molecule has 1 aromatic heterocycles. The fraction of sp³-hybridized carbons (Fsp3) is 0.269. The molecule has 0 aliphatic carbocycles. The molecule has 7 nitrogen and oxygen atoms in total. The summed E-state index contributed by atoms with van der Waals surface area (Å²) in [4.78, 5) is 31.9. The van der Waals surface area contributed by atoms with Crippen molar-refractivity contribution in [1.82, 2.24) is 19.8 Å². The van der Waals surface area contributed by atoms with E-state index in [9.17, 15) is 9.59 Å². The predicted octanol–water partition coefficient (Wildman–Crippen LogP) is 3.61. The predicted molar refractivity (Wildman–Crippen MR) is 130 cm³/mol. The second kappa shape index (κ2) is 11.7. The number of carbonyl (C=O) groups is 2. The lowest BCUT2D eigenvalue weighted by Gasteiger charge is -2.20. The Morgan fingerprint density at radius 1 is 1.09 bits per heavy atom. The number of ether oxygens (including phenoxy) is 1. The Morgan fingerprint density at radius 2 is 1.79 bits per heavy atom. The van der Waals surface area contributed by atoms with Crippen molar-refractivity contribution < 1.29 is 14.3 Å². The first-order chi connectivity index (χ1) is 16.1. The van der Waals surface area contributed by atoms with Crippen LogP contribution in [0.3, 0.4) is 0 Å². The zero-order chi connectivity index (χ0) is 23.6. The van der Waals surface area contributed by atoms with Gasteiger partial charge in [0.2, 0.25) is 5.91 Å². The number of hydrogen-bond donors (Lipinski definition) is 1. The Kier molecular flexibility index (Phi) is 8.41. The number of methoxy groups -OCH3 is 1. The van der Waals surface area contributed by atoms with Crippen molar-refractivity contribution in [2.24, 2.45) is 0 Å². The van der Waals surface area contributed by atoms with Crippen molar-refractivity contribution in [3.05, 3.63) is 85.2 Å². The van der Waals surface area contributed by atoms with E-state index in [0.717, 1.165) is 16.9 Å². The van der Waals surface area contributed by atoms with Crippen LogP contribution in [-0.2, 0) is 17.8 Å². The normalized spacial score (nSPS) is 10.6. The standard InChI is InChI=1S/C26H30N4O3/c1-4-17-29(18-5-2)25(31)19-30-22-13-8-7-12-21(22)28-24(30)15-10-16-27-26(32)20-11-6-9-14-23(20)33-3/h4-9,11-14H,1-2,10,15-19H2,3H3,(H,27,32). The van der Waals surface area contributed by atoms with Crippen LogP contribution in [0, 0.1) is 0 Å². The van der Waals surface area contributed by atoms with Crippen molar-refractivity contribution in [3.8, 4) is 5.75 Å². The number of aryl methyl sites for hydroxylation is 1. The molecule has 0 unspecified atom stereocenters. The van der Waals surface area contributed by atoms with Crippen LogP contribution in [0.25, 0.3) is 11.0 Å². The number of rotatable bonds is 12. The largest absolute Gasteiger partial charge is 0.496 e. The maximum absolute atomic E-state index is 12.9. The summed E-state index contributed by atoms with van der Waals surface area (Å²) >= 11 is 0. The molecule has 0 radical (unpaired) electrons. The van der Waals surface area contributed by atoms with Gasteiger partial charge in [0, 0.05) is 26.1 Å². The minimum atomic E-state index is -0.180. The smallest absolute Gasteiger partial charge is 0.255 e. The zero-order valence-electron chi connectivity index (χ0n) is 19.0. The molecule has 0 aliphatic heterocycles. The first kappa shape index (κ1) is 23.8. The van der Waals surface area contributed by atoms with E-state index >= 15 is 0 Å². The average Bonchev–Trinajstić information content (AvgIpc) is 3.18. The highest BCUT2D eigenvalue weighted by Gasteiger charge is 2.17. The van der Waals surface area contributed by atoms with Gasteiger partial charge in [-0.25, -0.2) is 4.98 Å².